The molecule has 0 amide bonds. The van der Waals surface area contributed by atoms with Crippen LogP contribution in [0.1, 0.15) is 147 Å². The van der Waals surface area contributed by atoms with Crippen molar-refractivity contribution in [1.29, 1.82) is 0 Å². The van der Waals surface area contributed by atoms with Crippen LogP contribution in [0.5, 0.6) is 0 Å². The molecule has 3 rings (SSSR count). The molecule has 0 fully saturated rings. The number of aromatic nitrogens is 2. The highest BCUT2D eigenvalue weighted by Crippen LogP contribution is 2.41. The van der Waals surface area contributed by atoms with Gasteiger partial charge in [-0.05, 0) is 43.2 Å². The Kier molecular flexibility index (Phi) is 15.9. The number of benzene rings is 2. The van der Waals surface area contributed by atoms with Crippen LogP contribution in [0.25, 0.3) is 0 Å². The lowest BCUT2D eigenvalue weighted by Gasteiger charge is -2.36. The Morgan fingerprint density at radius 2 is 1.15 bits per heavy atom. The first kappa shape index (κ1) is 33.2. The Hall–Kier alpha value is -2.35. The number of imidazole rings is 1. The Bertz CT molecular complexity index is 1020. The highest BCUT2D eigenvalue weighted by molar-refractivity contribution is 5.30. The van der Waals surface area contributed by atoms with Crippen LogP contribution in [0.2, 0.25) is 0 Å². The summed E-state index contributed by atoms with van der Waals surface area (Å²) in [6, 6.07) is 22.8. The van der Waals surface area contributed by atoms with Crippen LogP contribution in [0.4, 0.5) is 0 Å². The monoisotopic (exact) mass is 557 g/mol. The van der Waals surface area contributed by atoms with Crippen LogP contribution in [-0.2, 0) is 18.4 Å². The summed E-state index contributed by atoms with van der Waals surface area (Å²) in [5.41, 5.74) is 2.88. The molecule has 0 bridgehead atoms. The van der Waals surface area contributed by atoms with Crippen LogP contribution in [-0.4, -0.2) is 4.57 Å². The highest BCUT2D eigenvalue weighted by atomic mass is 15.1. The summed E-state index contributed by atoms with van der Waals surface area (Å²) in [5.74, 6) is 0. The van der Waals surface area contributed by atoms with Gasteiger partial charge in [-0.15, -0.1) is 0 Å². The zero-order valence-corrected chi connectivity index (χ0v) is 26.9. The van der Waals surface area contributed by atoms with Gasteiger partial charge in [-0.1, -0.05) is 165 Å². The first-order valence-electron chi connectivity index (χ1n) is 17.3. The molecule has 2 atom stereocenters. The van der Waals surface area contributed by atoms with E-state index in [-0.39, 0.29) is 5.41 Å². The van der Waals surface area contributed by atoms with Crippen LogP contribution in [0.15, 0.2) is 79.4 Å². The Labute approximate surface area is 253 Å². The van der Waals surface area contributed by atoms with Gasteiger partial charge in [-0.25, -0.2) is 9.13 Å². The summed E-state index contributed by atoms with van der Waals surface area (Å²) >= 11 is 0. The number of unbranched alkanes of at least 4 members (excludes halogenated alkanes) is 14. The van der Waals surface area contributed by atoms with E-state index in [4.69, 9.17) is 0 Å². The Morgan fingerprint density at radius 1 is 0.634 bits per heavy atom. The fourth-order valence-electron chi connectivity index (χ4n) is 6.66. The molecule has 0 aliphatic rings. The quantitative estimate of drug-likeness (QED) is 0.0810. The molecular weight excluding hydrogens is 496 g/mol. The lowest BCUT2D eigenvalue weighted by atomic mass is 9.70. The van der Waals surface area contributed by atoms with Crippen molar-refractivity contribution in [3.05, 3.63) is 90.5 Å². The van der Waals surface area contributed by atoms with E-state index in [1.807, 2.05) is 0 Å². The molecule has 226 valence electrons. The lowest BCUT2D eigenvalue weighted by molar-refractivity contribution is -0.697. The van der Waals surface area contributed by atoms with E-state index >= 15 is 0 Å². The Balaban J connectivity index is 1.48. The van der Waals surface area contributed by atoms with Crippen molar-refractivity contribution in [3.63, 3.8) is 0 Å². The summed E-state index contributed by atoms with van der Waals surface area (Å²) in [7, 11) is 0. The molecule has 3 aromatic rings. The number of hydrogen-bond acceptors (Lipinski definition) is 0. The van der Waals surface area contributed by atoms with Gasteiger partial charge in [0.15, 0.2) is 0 Å². The number of hydrogen-bond donors (Lipinski definition) is 0. The van der Waals surface area contributed by atoms with Gasteiger partial charge in [-0.3, -0.25) is 0 Å². The van der Waals surface area contributed by atoms with Crippen LogP contribution < -0.4 is 4.57 Å². The summed E-state index contributed by atoms with van der Waals surface area (Å²) in [5, 5.41) is 0. The molecule has 1 heterocycles. The van der Waals surface area contributed by atoms with Crippen molar-refractivity contribution in [2.75, 3.05) is 0 Å². The molecular formula is C39H61N2+. The SMILES string of the molecule is CCCCCCCCCCCCCCCC[n+]1ccn(C(CCCC)C(C)(Cc2ccccc2)c2ccccc2)c1. The van der Waals surface area contributed by atoms with E-state index in [9.17, 15) is 0 Å². The summed E-state index contributed by atoms with van der Waals surface area (Å²) in [4.78, 5) is 0. The molecule has 0 spiro atoms. The molecule has 2 nitrogen and oxygen atoms in total. The van der Waals surface area contributed by atoms with Crippen molar-refractivity contribution >= 4 is 0 Å². The largest absolute Gasteiger partial charge is 0.244 e. The van der Waals surface area contributed by atoms with Crippen molar-refractivity contribution in [1.82, 2.24) is 4.57 Å². The average molecular weight is 558 g/mol. The molecule has 2 unspecified atom stereocenters. The smallest absolute Gasteiger partial charge is 0.237 e. The van der Waals surface area contributed by atoms with E-state index in [2.05, 4.69) is 109 Å². The fraction of sp³-hybridized carbons (Fsp3) is 0.615. The molecule has 0 saturated heterocycles. The molecule has 2 heteroatoms. The highest BCUT2D eigenvalue weighted by Gasteiger charge is 2.40. The topological polar surface area (TPSA) is 8.81 Å². The van der Waals surface area contributed by atoms with Crippen molar-refractivity contribution in [3.8, 4) is 0 Å². The predicted octanol–water partition coefficient (Wildman–Crippen LogP) is 11.2. The van der Waals surface area contributed by atoms with Gasteiger partial charge in [0, 0.05) is 5.41 Å². The maximum Gasteiger partial charge on any atom is 0.244 e. The van der Waals surface area contributed by atoms with Crippen LogP contribution in [0.3, 0.4) is 0 Å². The van der Waals surface area contributed by atoms with Gasteiger partial charge in [0.2, 0.25) is 6.33 Å². The zero-order valence-electron chi connectivity index (χ0n) is 26.9. The van der Waals surface area contributed by atoms with Crippen LogP contribution >= 0.6 is 0 Å². The molecule has 2 aromatic carbocycles. The second-order valence-electron chi connectivity index (χ2n) is 12.8. The van der Waals surface area contributed by atoms with Gasteiger partial charge < -0.3 is 0 Å². The van der Waals surface area contributed by atoms with E-state index in [0.29, 0.717) is 6.04 Å². The summed E-state index contributed by atoms with van der Waals surface area (Å²) in [6.07, 6.45) is 31.6. The van der Waals surface area contributed by atoms with Gasteiger partial charge in [0.25, 0.3) is 0 Å². The summed E-state index contributed by atoms with van der Waals surface area (Å²) in [6.45, 7) is 8.24. The van der Waals surface area contributed by atoms with Crippen molar-refractivity contribution in [2.45, 2.75) is 154 Å². The Morgan fingerprint density at radius 3 is 1.71 bits per heavy atom. The van der Waals surface area contributed by atoms with Gasteiger partial charge in [0.1, 0.15) is 18.4 Å². The van der Waals surface area contributed by atoms with E-state index in [1.165, 1.54) is 120 Å². The number of aryl methyl sites for hydroxylation is 1. The average Bonchev–Trinajstić information content (AvgIpc) is 3.47. The molecule has 0 radical (unpaired) electrons. The standard InChI is InChI=1S/C39H61N2/c1-4-6-8-9-10-11-12-13-14-15-16-17-18-25-31-40-32-33-41(35-40)38(30-7-5-2)39(3,37-28-23-20-24-29-37)34-36-26-21-19-22-27-36/h19-24,26-29,32-33,35,38H,4-18,25,30-31,34H2,1-3H3/q+1. The van der Waals surface area contributed by atoms with Crippen molar-refractivity contribution < 1.29 is 4.57 Å². The molecule has 0 aliphatic heterocycles. The van der Waals surface area contributed by atoms with E-state index in [0.717, 1.165) is 13.0 Å². The predicted molar refractivity (Wildman–Crippen MR) is 177 cm³/mol. The minimum Gasteiger partial charge on any atom is -0.237 e. The van der Waals surface area contributed by atoms with Gasteiger partial charge in [-0.2, -0.15) is 0 Å². The number of rotatable bonds is 23. The summed E-state index contributed by atoms with van der Waals surface area (Å²) < 4.78 is 4.97. The third-order valence-corrected chi connectivity index (χ3v) is 9.26. The number of nitrogens with zero attached hydrogens (tertiary/aromatic N) is 2. The first-order valence-corrected chi connectivity index (χ1v) is 17.3. The molecule has 0 aliphatic carbocycles. The molecule has 0 saturated carbocycles. The second kappa shape index (κ2) is 19.7. The van der Waals surface area contributed by atoms with E-state index < -0.39 is 0 Å². The maximum atomic E-state index is 2.54. The van der Waals surface area contributed by atoms with Crippen LogP contribution in [0, 0.1) is 0 Å². The van der Waals surface area contributed by atoms with Gasteiger partial charge >= 0.3 is 0 Å². The minimum absolute atomic E-state index is 0.0175. The van der Waals surface area contributed by atoms with Crippen molar-refractivity contribution in [2.24, 2.45) is 0 Å². The second-order valence-corrected chi connectivity index (χ2v) is 12.8. The lowest BCUT2D eigenvalue weighted by Crippen LogP contribution is -2.38. The normalized spacial score (nSPS) is 13.7. The minimum atomic E-state index is 0.0175. The first-order chi connectivity index (χ1) is 20.2. The molecule has 1 aromatic heterocycles. The maximum absolute atomic E-state index is 2.54. The third kappa shape index (κ3) is 11.8. The van der Waals surface area contributed by atoms with E-state index in [1.54, 1.807) is 0 Å². The van der Waals surface area contributed by atoms with Gasteiger partial charge in [0.05, 0.1) is 6.54 Å². The fourth-order valence-corrected chi connectivity index (χ4v) is 6.66. The third-order valence-electron chi connectivity index (χ3n) is 9.26. The molecule has 41 heavy (non-hydrogen) atoms. The zero-order chi connectivity index (χ0) is 29.0. The molecule has 0 N–H and O–H groups in total.